The molecule has 1 aromatic carbocycles. The molecule has 1 atom stereocenters. The van der Waals surface area contributed by atoms with Crippen LogP contribution in [0.5, 0.6) is 0 Å². The van der Waals surface area contributed by atoms with E-state index in [9.17, 15) is 9.59 Å². The first-order chi connectivity index (χ1) is 10.4. The van der Waals surface area contributed by atoms with Crippen LogP contribution in [-0.2, 0) is 11.2 Å². The smallest absolute Gasteiger partial charge is 0.317 e. The molecule has 0 aromatic heterocycles. The Morgan fingerprint density at radius 1 is 1.41 bits per heavy atom. The van der Waals surface area contributed by atoms with Crippen molar-refractivity contribution in [2.75, 3.05) is 13.6 Å². The molecule has 1 aliphatic rings. The largest absolute Gasteiger partial charge is 0.481 e. The van der Waals surface area contributed by atoms with Crippen molar-refractivity contribution in [1.29, 1.82) is 0 Å². The Balaban J connectivity index is 2.03. The van der Waals surface area contributed by atoms with Crippen LogP contribution in [0.3, 0.4) is 0 Å². The molecule has 0 bridgehead atoms. The Morgan fingerprint density at radius 2 is 2.14 bits per heavy atom. The molecule has 2 amide bonds. The topological polar surface area (TPSA) is 69.6 Å². The number of nitrogens with zero attached hydrogens (tertiary/aromatic N) is 1. The Bertz CT molecular complexity index is 569. The van der Waals surface area contributed by atoms with E-state index in [2.05, 4.69) is 37.4 Å². The van der Waals surface area contributed by atoms with Crippen LogP contribution in [-0.4, -0.2) is 35.6 Å². The van der Waals surface area contributed by atoms with E-state index < -0.39 is 5.97 Å². The van der Waals surface area contributed by atoms with Crippen LogP contribution >= 0.6 is 0 Å². The lowest BCUT2D eigenvalue weighted by atomic mass is 9.97. The van der Waals surface area contributed by atoms with E-state index in [4.69, 9.17) is 5.11 Å². The molecule has 5 heteroatoms. The van der Waals surface area contributed by atoms with E-state index in [1.54, 1.807) is 7.05 Å². The molecule has 0 spiro atoms. The van der Waals surface area contributed by atoms with Gasteiger partial charge in [-0.3, -0.25) is 4.79 Å². The van der Waals surface area contributed by atoms with Gasteiger partial charge in [-0.1, -0.05) is 32.0 Å². The molecule has 0 fully saturated rings. The molecule has 1 unspecified atom stereocenters. The second kappa shape index (κ2) is 6.81. The summed E-state index contributed by atoms with van der Waals surface area (Å²) < 4.78 is 0. The normalized spacial score (nSPS) is 16.5. The van der Waals surface area contributed by atoms with E-state index in [-0.39, 0.29) is 25.0 Å². The van der Waals surface area contributed by atoms with E-state index in [0.717, 1.165) is 12.8 Å². The minimum Gasteiger partial charge on any atom is -0.481 e. The molecule has 0 heterocycles. The summed E-state index contributed by atoms with van der Waals surface area (Å²) in [6, 6.07) is 6.31. The molecule has 120 valence electrons. The Labute approximate surface area is 131 Å². The van der Waals surface area contributed by atoms with Crippen molar-refractivity contribution in [2.45, 2.75) is 45.1 Å². The summed E-state index contributed by atoms with van der Waals surface area (Å²) in [5, 5.41) is 11.7. The quantitative estimate of drug-likeness (QED) is 0.878. The fourth-order valence-electron chi connectivity index (χ4n) is 2.75. The Hall–Kier alpha value is -2.04. The lowest BCUT2D eigenvalue weighted by Crippen LogP contribution is -2.39. The molecule has 0 aliphatic heterocycles. The maximum absolute atomic E-state index is 12.2. The van der Waals surface area contributed by atoms with Crippen molar-refractivity contribution in [1.82, 2.24) is 10.2 Å². The molecule has 2 N–H and O–H groups in total. The molecular weight excluding hydrogens is 280 g/mol. The van der Waals surface area contributed by atoms with E-state index >= 15 is 0 Å². The van der Waals surface area contributed by atoms with Crippen LogP contribution in [0.2, 0.25) is 0 Å². The zero-order valence-electron chi connectivity index (χ0n) is 13.4. The number of fused-ring (bicyclic) bond motifs is 1. The summed E-state index contributed by atoms with van der Waals surface area (Å²) in [6.07, 6.45) is 1.83. The zero-order valence-corrected chi connectivity index (χ0v) is 13.4. The summed E-state index contributed by atoms with van der Waals surface area (Å²) >= 11 is 0. The second-order valence-corrected chi connectivity index (χ2v) is 6.22. The first-order valence-electron chi connectivity index (χ1n) is 7.74. The SMILES string of the molecule is CC(C)c1ccc2c(c1)C(NC(=O)N(C)CCC(=O)O)CC2. The molecule has 2 rings (SSSR count). The van der Waals surface area contributed by atoms with Crippen LogP contribution in [0.25, 0.3) is 0 Å². The lowest BCUT2D eigenvalue weighted by Gasteiger charge is -2.21. The fraction of sp³-hybridized carbons (Fsp3) is 0.529. The number of carboxylic acid groups (broad SMARTS) is 1. The summed E-state index contributed by atoms with van der Waals surface area (Å²) in [5.41, 5.74) is 3.77. The van der Waals surface area contributed by atoms with Crippen molar-refractivity contribution in [3.63, 3.8) is 0 Å². The number of carbonyl (C=O) groups excluding carboxylic acids is 1. The number of hydrogen-bond donors (Lipinski definition) is 2. The van der Waals surface area contributed by atoms with Crippen molar-refractivity contribution in [2.24, 2.45) is 0 Å². The van der Waals surface area contributed by atoms with Crippen LogP contribution in [0.4, 0.5) is 4.79 Å². The van der Waals surface area contributed by atoms with E-state index in [1.807, 2.05) is 0 Å². The third kappa shape index (κ3) is 3.78. The summed E-state index contributed by atoms with van der Waals surface area (Å²) in [4.78, 5) is 24.2. The highest BCUT2D eigenvalue weighted by Crippen LogP contribution is 2.33. The molecule has 0 radical (unpaired) electrons. The first-order valence-corrected chi connectivity index (χ1v) is 7.74. The summed E-state index contributed by atoms with van der Waals surface area (Å²) in [7, 11) is 1.62. The average Bonchev–Trinajstić information content (AvgIpc) is 2.86. The Morgan fingerprint density at radius 3 is 2.77 bits per heavy atom. The van der Waals surface area contributed by atoms with Gasteiger partial charge in [-0.05, 0) is 35.4 Å². The number of benzene rings is 1. The Kier molecular flexibility index (Phi) is 5.06. The average molecular weight is 304 g/mol. The van der Waals surface area contributed by atoms with Gasteiger partial charge in [0.1, 0.15) is 0 Å². The molecular formula is C17H24N2O3. The number of rotatable bonds is 5. The maximum Gasteiger partial charge on any atom is 0.317 e. The van der Waals surface area contributed by atoms with Crippen molar-refractivity contribution in [3.05, 3.63) is 34.9 Å². The van der Waals surface area contributed by atoms with Gasteiger partial charge in [0.25, 0.3) is 0 Å². The molecule has 5 nitrogen and oxygen atoms in total. The van der Waals surface area contributed by atoms with Crippen LogP contribution in [0, 0.1) is 0 Å². The zero-order chi connectivity index (χ0) is 16.3. The standard InChI is InChI=1S/C17H24N2O3/c1-11(2)13-5-4-12-6-7-15(14(12)10-13)18-17(22)19(3)9-8-16(20)21/h4-5,10-11,15H,6-9H2,1-3H3,(H,18,22)(H,20,21). The van der Waals surface area contributed by atoms with Crippen molar-refractivity contribution < 1.29 is 14.7 Å². The fourth-order valence-corrected chi connectivity index (χ4v) is 2.75. The van der Waals surface area contributed by atoms with E-state index in [0.29, 0.717) is 5.92 Å². The third-order valence-electron chi connectivity index (χ3n) is 4.22. The molecule has 1 aliphatic carbocycles. The number of amides is 2. The number of aliphatic carboxylic acids is 1. The van der Waals surface area contributed by atoms with Crippen molar-refractivity contribution >= 4 is 12.0 Å². The number of carbonyl (C=O) groups is 2. The van der Waals surface area contributed by atoms with Gasteiger partial charge in [0.05, 0.1) is 12.5 Å². The number of hydrogen-bond acceptors (Lipinski definition) is 2. The molecule has 0 saturated heterocycles. The monoisotopic (exact) mass is 304 g/mol. The minimum atomic E-state index is -0.896. The molecule has 0 saturated carbocycles. The highest BCUT2D eigenvalue weighted by Gasteiger charge is 2.25. The van der Waals surface area contributed by atoms with Gasteiger partial charge in [-0.15, -0.1) is 0 Å². The van der Waals surface area contributed by atoms with Crippen LogP contribution in [0.1, 0.15) is 55.3 Å². The summed E-state index contributed by atoms with van der Waals surface area (Å²) in [6.45, 7) is 4.53. The van der Waals surface area contributed by atoms with Gasteiger partial charge < -0.3 is 15.3 Å². The van der Waals surface area contributed by atoms with Gasteiger partial charge in [0.15, 0.2) is 0 Å². The second-order valence-electron chi connectivity index (χ2n) is 6.22. The number of carboxylic acids is 1. The van der Waals surface area contributed by atoms with Gasteiger partial charge in [0.2, 0.25) is 0 Å². The highest BCUT2D eigenvalue weighted by atomic mass is 16.4. The van der Waals surface area contributed by atoms with Gasteiger partial charge in [0, 0.05) is 13.6 Å². The molecule has 1 aromatic rings. The lowest BCUT2D eigenvalue weighted by molar-refractivity contribution is -0.137. The van der Waals surface area contributed by atoms with Gasteiger partial charge >= 0.3 is 12.0 Å². The highest BCUT2D eigenvalue weighted by molar-refractivity contribution is 5.75. The number of aryl methyl sites for hydroxylation is 1. The number of nitrogens with one attached hydrogen (secondary N) is 1. The third-order valence-corrected chi connectivity index (χ3v) is 4.22. The van der Waals surface area contributed by atoms with Gasteiger partial charge in [-0.2, -0.15) is 0 Å². The first kappa shape index (κ1) is 16.3. The van der Waals surface area contributed by atoms with Crippen LogP contribution in [0.15, 0.2) is 18.2 Å². The summed E-state index contributed by atoms with van der Waals surface area (Å²) in [5.74, 6) is -0.437. The molecule has 22 heavy (non-hydrogen) atoms. The number of urea groups is 1. The maximum atomic E-state index is 12.2. The van der Waals surface area contributed by atoms with E-state index in [1.165, 1.54) is 21.6 Å². The van der Waals surface area contributed by atoms with Crippen LogP contribution < -0.4 is 5.32 Å². The predicted molar refractivity (Wildman–Crippen MR) is 85.0 cm³/mol. The van der Waals surface area contributed by atoms with Crippen molar-refractivity contribution in [3.8, 4) is 0 Å². The van der Waals surface area contributed by atoms with Gasteiger partial charge in [-0.25, -0.2) is 4.79 Å². The predicted octanol–water partition coefficient (Wildman–Crippen LogP) is 2.91. The minimum absolute atomic E-state index is 0.0217.